The zero-order valence-corrected chi connectivity index (χ0v) is 11.3. The fraction of sp³-hybridized carbons (Fsp3) is 0.462. The van der Waals surface area contributed by atoms with Crippen molar-refractivity contribution in [1.29, 1.82) is 0 Å². The summed E-state index contributed by atoms with van der Waals surface area (Å²) in [6.07, 6.45) is 6.26. The molecule has 2 fully saturated rings. The van der Waals surface area contributed by atoms with Crippen LogP contribution in [0.2, 0.25) is 0 Å². The summed E-state index contributed by atoms with van der Waals surface area (Å²) in [6, 6.07) is 0. The second-order valence-corrected chi connectivity index (χ2v) is 5.66. The number of carboxylic acids is 1. The summed E-state index contributed by atoms with van der Waals surface area (Å²) >= 11 is 0. The maximum absolute atomic E-state index is 10.7. The Hall–Kier alpha value is -2.51. The molecule has 8 heteroatoms. The van der Waals surface area contributed by atoms with Crippen LogP contribution in [0.5, 0.6) is 0 Å². The van der Waals surface area contributed by atoms with Gasteiger partial charge in [0.05, 0.1) is 12.7 Å². The van der Waals surface area contributed by atoms with Gasteiger partial charge in [-0.2, -0.15) is 0 Å². The molecule has 0 radical (unpaired) electrons. The van der Waals surface area contributed by atoms with Crippen LogP contribution in [-0.4, -0.2) is 49.1 Å². The minimum Gasteiger partial charge on any atom is -0.476 e. The van der Waals surface area contributed by atoms with E-state index in [1.807, 2.05) is 0 Å². The average Bonchev–Trinajstić information content (AvgIpc) is 2.90. The number of anilines is 1. The molecule has 0 spiro atoms. The molecule has 108 valence electrons. The third-order valence-corrected chi connectivity index (χ3v) is 4.06. The maximum Gasteiger partial charge on any atom is 0.358 e. The van der Waals surface area contributed by atoms with E-state index >= 15 is 0 Å². The lowest BCUT2D eigenvalue weighted by molar-refractivity contribution is 0.0690. The molecule has 1 aliphatic heterocycles. The first-order valence-corrected chi connectivity index (χ1v) is 6.88. The minimum atomic E-state index is -1.08. The molecule has 2 aromatic rings. The van der Waals surface area contributed by atoms with Gasteiger partial charge >= 0.3 is 5.97 Å². The standard InChI is InChI=1S/C13H14N6O2/c20-12(21)11-7-19(17-16-11)4-8-2-14-13(15-3-8)18-5-9-1-10(9)6-18/h2-3,7,9-10H,1,4-6H2,(H,20,21). The highest BCUT2D eigenvalue weighted by molar-refractivity contribution is 5.84. The van der Waals surface area contributed by atoms with Crippen molar-refractivity contribution in [3.05, 3.63) is 29.8 Å². The van der Waals surface area contributed by atoms with Gasteiger partial charge in [0.1, 0.15) is 0 Å². The molecule has 21 heavy (non-hydrogen) atoms. The Kier molecular flexibility index (Phi) is 2.63. The zero-order chi connectivity index (χ0) is 14.4. The molecule has 3 heterocycles. The highest BCUT2D eigenvalue weighted by Gasteiger charge is 2.45. The largest absolute Gasteiger partial charge is 0.476 e. The zero-order valence-electron chi connectivity index (χ0n) is 11.3. The summed E-state index contributed by atoms with van der Waals surface area (Å²) in [5, 5.41) is 16.1. The Morgan fingerprint density at radius 1 is 1.29 bits per heavy atom. The number of piperidine rings is 1. The van der Waals surface area contributed by atoms with E-state index in [-0.39, 0.29) is 5.69 Å². The van der Waals surface area contributed by atoms with Crippen LogP contribution in [0.1, 0.15) is 22.5 Å². The third-order valence-electron chi connectivity index (χ3n) is 4.06. The van der Waals surface area contributed by atoms with Crippen molar-refractivity contribution >= 4 is 11.9 Å². The first-order chi connectivity index (χ1) is 10.2. The lowest BCUT2D eigenvalue weighted by atomic mass is 10.3. The predicted octanol–water partition coefficient (Wildman–Crippen LogP) is 0.271. The van der Waals surface area contributed by atoms with E-state index in [4.69, 9.17) is 5.11 Å². The van der Waals surface area contributed by atoms with Gasteiger partial charge in [0.15, 0.2) is 5.69 Å². The van der Waals surface area contributed by atoms with Crippen LogP contribution in [0.25, 0.3) is 0 Å². The number of aromatic carboxylic acids is 1. The average molecular weight is 286 g/mol. The molecule has 1 saturated carbocycles. The van der Waals surface area contributed by atoms with Crippen LogP contribution in [0.15, 0.2) is 18.6 Å². The molecule has 8 nitrogen and oxygen atoms in total. The first-order valence-electron chi connectivity index (χ1n) is 6.88. The molecular formula is C13H14N6O2. The van der Waals surface area contributed by atoms with E-state index in [2.05, 4.69) is 25.2 Å². The van der Waals surface area contributed by atoms with Crippen molar-refractivity contribution in [3.63, 3.8) is 0 Å². The van der Waals surface area contributed by atoms with Crippen molar-refractivity contribution in [2.45, 2.75) is 13.0 Å². The number of carboxylic acid groups (broad SMARTS) is 1. The fourth-order valence-corrected chi connectivity index (χ4v) is 2.82. The molecule has 1 saturated heterocycles. The summed E-state index contributed by atoms with van der Waals surface area (Å²) in [7, 11) is 0. The number of hydrogen-bond acceptors (Lipinski definition) is 6. The SMILES string of the molecule is O=C(O)c1cn(Cc2cnc(N3CC4CC4C3)nc2)nn1. The number of hydrogen-bond donors (Lipinski definition) is 1. The summed E-state index contributed by atoms with van der Waals surface area (Å²) in [5.41, 5.74) is 0.800. The van der Waals surface area contributed by atoms with E-state index in [1.165, 1.54) is 17.3 Å². The Morgan fingerprint density at radius 2 is 2.00 bits per heavy atom. The molecule has 0 aromatic carbocycles. The van der Waals surface area contributed by atoms with E-state index in [0.29, 0.717) is 6.54 Å². The lowest BCUT2D eigenvalue weighted by Crippen LogP contribution is -2.24. The van der Waals surface area contributed by atoms with Gasteiger partial charge in [-0.15, -0.1) is 5.10 Å². The molecule has 2 aliphatic rings. The molecule has 0 amide bonds. The van der Waals surface area contributed by atoms with E-state index in [9.17, 15) is 4.79 Å². The lowest BCUT2D eigenvalue weighted by Gasteiger charge is -2.17. The molecule has 4 rings (SSSR count). The summed E-state index contributed by atoms with van der Waals surface area (Å²) < 4.78 is 1.47. The Labute approximate surface area is 120 Å². The van der Waals surface area contributed by atoms with Gasteiger partial charge in [0, 0.05) is 31.0 Å². The van der Waals surface area contributed by atoms with E-state index in [1.54, 1.807) is 12.4 Å². The molecule has 0 bridgehead atoms. The first kappa shape index (κ1) is 12.2. The molecule has 2 aromatic heterocycles. The molecule has 2 atom stereocenters. The van der Waals surface area contributed by atoms with Gasteiger partial charge in [-0.1, -0.05) is 5.21 Å². The van der Waals surface area contributed by atoms with Crippen LogP contribution in [0.3, 0.4) is 0 Å². The molecule has 2 unspecified atom stereocenters. The highest BCUT2D eigenvalue weighted by Crippen LogP contribution is 2.45. The van der Waals surface area contributed by atoms with E-state index in [0.717, 1.165) is 36.4 Å². The third kappa shape index (κ3) is 2.32. The van der Waals surface area contributed by atoms with Crippen LogP contribution in [0, 0.1) is 11.8 Å². The van der Waals surface area contributed by atoms with Crippen molar-refractivity contribution < 1.29 is 9.90 Å². The topological polar surface area (TPSA) is 97.0 Å². The molecule has 1 N–H and O–H groups in total. The number of fused-ring (bicyclic) bond motifs is 1. The summed E-state index contributed by atoms with van der Waals surface area (Å²) in [6.45, 7) is 2.54. The van der Waals surface area contributed by atoms with Crippen LogP contribution < -0.4 is 4.90 Å². The van der Waals surface area contributed by atoms with Gasteiger partial charge < -0.3 is 10.0 Å². The van der Waals surface area contributed by atoms with Crippen molar-refractivity contribution in [2.75, 3.05) is 18.0 Å². The molecule has 1 aliphatic carbocycles. The second-order valence-electron chi connectivity index (χ2n) is 5.66. The Balaban J connectivity index is 1.44. The smallest absolute Gasteiger partial charge is 0.358 e. The normalized spacial score (nSPS) is 23.1. The summed E-state index contributed by atoms with van der Waals surface area (Å²) in [4.78, 5) is 21.7. The maximum atomic E-state index is 10.7. The van der Waals surface area contributed by atoms with Crippen LogP contribution >= 0.6 is 0 Å². The Morgan fingerprint density at radius 3 is 2.62 bits per heavy atom. The number of carbonyl (C=O) groups is 1. The predicted molar refractivity (Wildman–Crippen MR) is 71.9 cm³/mol. The van der Waals surface area contributed by atoms with Gasteiger partial charge in [-0.25, -0.2) is 19.4 Å². The van der Waals surface area contributed by atoms with E-state index < -0.39 is 5.97 Å². The van der Waals surface area contributed by atoms with Crippen molar-refractivity contribution in [3.8, 4) is 0 Å². The summed E-state index contributed by atoms with van der Waals surface area (Å²) in [5.74, 6) is 1.38. The number of rotatable bonds is 4. The Bertz CT molecular complexity index is 672. The number of nitrogens with zero attached hydrogens (tertiary/aromatic N) is 6. The highest BCUT2D eigenvalue weighted by atomic mass is 16.4. The van der Waals surface area contributed by atoms with Gasteiger partial charge in [-0.05, 0) is 18.3 Å². The minimum absolute atomic E-state index is 0.0659. The van der Waals surface area contributed by atoms with Gasteiger partial charge in [0.25, 0.3) is 0 Å². The van der Waals surface area contributed by atoms with Crippen LogP contribution in [0.4, 0.5) is 5.95 Å². The quantitative estimate of drug-likeness (QED) is 0.861. The van der Waals surface area contributed by atoms with Crippen LogP contribution in [-0.2, 0) is 6.54 Å². The second kappa shape index (κ2) is 4.51. The van der Waals surface area contributed by atoms with Gasteiger partial charge in [0.2, 0.25) is 5.95 Å². The monoisotopic (exact) mass is 286 g/mol. The fourth-order valence-electron chi connectivity index (χ4n) is 2.82. The van der Waals surface area contributed by atoms with Crippen molar-refractivity contribution in [1.82, 2.24) is 25.0 Å². The number of aromatic nitrogens is 5. The van der Waals surface area contributed by atoms with Gasteiger partial charge in [-0.3, -0.25) is 0 Å². The van der Waals surface area contributed by atoms with Crippen molar-refractivity contribution in [2.24, 2.45) is 11.8 Å². The molecular weight excluding hydrogens is 272 g/mol.